The molecule has 0 bridgehead atoms. The predicted octanol–water partition coefficient (Wildman–Crippen LogP) is 3.67. The monoisotopic (exact) mass is 295 g/mol. The highest BCUT2D eigenvalue weighted by molar-refractivity contribution is 7.11. The van der Waals surface area contributed by atoms with Crippen molar-refractivity contribution in [3.05, 3.63) is 44.9 Å². The Labute approximate surface area is 123 Å². The van der Waals surface area contributed by atoms with Crippen LogP contribution in [0, 0.1) is 0 Å². The number of benzene rings is 1. The van der Waals surface area contributed by atoms with Gasteiger partial charge in [0.2, 0.25) is 0 Å². The Bertz CT molecular complexity index is 546. The number of hydrogen-bond donors (Lipinski definition) is 1. The van der Waals surface area contributed by atoms with Crippen LogP contribution in [0.4, 0.5) is 0 Å². The number of nitrogens with one attached hydrogen (secondary N) is 1. The first-order valence-corrected chi connectivity index (χ1v) is 7.42. The van der Waals surface area contributed by atoms with Crippen molar-refractivity contribution in [1.29, 1.82) is 0 Å². The standard InChI is InChI=1S/C14H18ClN3S/c1-14(2,3)16-9-13-18-17-12(19-13)8-10-5-4-6-11(15)7-10/h4-7,16H,8-9H2,1-3H3. The second-order valence-corrected chi connectivity index (χ2v) is 7.08. The van der Waals surface area contributed by atoms with Gasteiger partial charge in [0.15, 0.2) is 0 Å². The van der Waals surface area contributed by atoms with Gasteiger partial charge in [0.25, 0.3) is 0 Å². The van der Waals surface area contributed by atoms with Crippen molar-refractivity contribution in [2.45, 2.75) is 39.3 Å². The lowest BCUT2D eigenvalue weighted by Crippen LogP contribution is -2.35. The molecule has 0 aliphatic heterocycles. The topological polar surface area (TPSA) is 37.8 Å². The van der Waals surface area contributed by atoms with E-state index in [1.54, 1.807) is 11.3 Å². The summed E-state index contributed by atoms with van der Waals surface area (Å²) >= 11 is 7.62. The van der Waals surface area contributed by atoms with Gasteiger partial charge in [-0.15, -0.1) is 10.2 Å². The van der Waals surface area contributed by atoms with Gasteiger partial charge in [0.05, 0.1) is 6.54 Å². The lowest BCUT2D eigenvalue weighted by atomic mass is 10.1. The Morgan fingerprint density at radius 3 is 2.63 bits per heavy atom. The van der Waals surface area contributed by atoms with E-state index < -0.39 is 0 Å². The van der Waals surface area contributed by atoms with Crippen LogP contribution in [0.2, 0.25) is 5.02 Å². The Hall–Kier alpha value is -0.970. The van der Waals surface area contributed by atoms with Crippen molar-refractivity contribution < 1.29 is 0 Å². The van der Waals surface area contributed by atoms with Crippen molar-refractivity contribution >= 4 is 22.9 Å². The smallest absolute Gasteiger partial charge is 0.131 e. The second-order valence-electron chi connectivity index (χ2n) is 5.50. The van der Waals surface area contributed by atoms with Gasteiger partial charge in [0.1, 0.15) is 10.0 Å². The SMILES string of the molecule is CC(C)(C)NCc1nnc(Cc2cccc(Cl)c2)s1. The van der Waals surface area contributed by atoms with Gasteiger partial charge in [-0.1, -0.05) is 35.1 Å². The Balaban J connectivity index is 1.97. The average molecular weight is 296 g/mol. The highest BCUT2D eigenvalue weighted by Gasteiger charge is 2.11. The molecular formula is C14H18ClN3S. The van der Waals surface area contributed by atoms with Crippen molar-refractivity contribution in [2.24, 2.45) is 0 Å². The van der Waals surface area contributed by atoms with E-state index in [-0.39, 0.29) is 5.54 Å². The third-order valence-electron chi connectivity index (χ3n) is 2.52. The molecule has 0 unspecified atom stereocenters. The summed E-state index contributed by atoms with van der Waals surface area (Å²) in [7, 11) is 0. The van der Waals surface area contributed by atoms with E-state index >= 15 is 0 Å². The van der Waals surface area contributed by atoms with Crippen LogP contribution in [-0.4, -0.2) is 15.7 Å². The van der Waals surface area contributed by atoms with Crippen molar-refractivity contribution in [3.8, 4) is 0 Å². The van der Waals surface area contributed by atoms with Gasteiger partial charge in [-0.3, -0.25) is 0 Å². The molecule has 0 aliphatic carbocycles. The highest BCUT2D eigenvalue weighted by atomic mass is 35.5. The summed E-state index contributed by atoms with van der Waals surface area (Å²) in [5.74, 6) is 0. The van der Waals surface area contributed by atoms with Gasteiger partial charge in [-0.25, -0.2) is 0 Å². The summed E-state index contributed by atoms with van der Waals surface area (Å²) in [5, 5.41) is 14.7. The highest BCUT2D eigenvalue weighted by Crippen LogP contribution is 2.17. The minimum Gasteiger partial charge on any atom is -0.306 e. The van der Waals surface area contributed by atoms with E-state index in [0.29, 0.717) is 0 Å². The van der Waals surface area contributed by atoms with Crippen LogP contribution in [0.15, 0.2) is 24.3 Å². The van der Waals surface area contributed by atoms with Crippen LogP contribution in [0.3, 0.4) is 0 Å². The molecule has 1 N–H and O–H groups in total. The quantitative estimate of drug-likeness (QED) is 0.935. The molecule has 2 rings (SSSR count). The first-order chi connectivity index (χ1) is 8.92. The number of aromatic nitrogens is 2. The first-order valence-electron chi connectivity index (χ1n) is 6.23. The Morgan fingerprint density at radius 2 is 1.95 bits per heavy atom. The molecule has 1 heterocycles. The van der Waals surface area contributed by atoms with E-state index in [9.17, 15) is 0 Å². The summed E-state index contributed by atoms with van der Waals surface area (Å²) in [6.07, 6.45) is 0.785. The average Bonchev–Trinajstić information content (AvgIpc) is 2.73. The van der Waals surface area contributed by atoms with E-state index in [1.807, 2.05) is 18.2 Å². The van der Waals surface area contributed by atoms with Crippen molar-refractivity contribution in [3.63, 3.8) is 0 Å². The summed E-state index contributed by atoms with van der Waals surface area (Å²) in [6, 6.07) is 7.86. The van der Waals surface area contributed by atoms with E-state index in [0.717, 1.165) is 28.0 Å². The molecule has 0 radical (unpaired) electrons. The number of hydrogen-bond acceptors (Lipinski definition) is 4. The fourth-order valence-electron chi connectivity index (χ4n) is 1.59. The molecule has 2 aromatic rings. The molecule has 5 heteroatoms. The maximum Gasteiger partial charge on any atom is 0.131 e. The van der Waals surface area contributed by atoms with Crippen LogP contribution in [0.25, 0.3) is 0 Å². The fourth-order valence-corrected chi connectivity index (χ4v) is 2.62. The van der Waals surface area contributed by atoms with Gasteiger partial charge in [-0.2, -0.15) is 0 Å². The minimum absolute atomic E-state index is 0.0960. The summed E-state index contributed by atoms with van der Waals surface area (Å²) < 4.78 is 0. The molecular weight excluding hydrogens is 278 g/mol. The number of halogens is 1. The number of rotatable bonds is 4. The molecule has 1 aromatic heterocycles. The summed E-state index contributed by atoms with van der Waals surface area (Å²) in [5.41, 5.74) is 1.26. The number of nitrogens with zero attached hydrogens (tertiary/aromatic N) is 2. The maximum atomic E-state index is 5.97. The normalized spacial score (nSPS) is 11.8. The molecule has 0 amide bonds. The zero-order valence-electron chi connectivity index (χ0n) is 11.4. The zero-order chi connectivity index (χ0) is 13.9. The third kappa shape index (κ3) is 4.90. The lowest BCUT2D eigenvalue weighted by molar-refractivity contribution is 0.423. The maximum absolute atomic E-state index is 5.97. The van der Waals surface area contributed by atoms with Crippen molar-refractivity contribution in [1.82, 2.24) is 15.5 Å². The zero-order valence-corrected chi connectivity index (χ0v) is 13.0. The predicted molar refractivity (Wildman–Crippen MR) is 80.8 cm³/mol. The Morgan fingerprint density at radius 1 is 1.21 bits per heavy atom. The molecule has 0 fully saturated rings. The van der Waals surface area contributed by atoms with Crippen LogP contribution >= 0.6 is 22.9 Å². The van der Waals surface area contributed by atoms with Gasteiger partial charge >= 0.3 is 0 Å². The Kier molecular flexibility index (Phi) is 4.55. The molecule has 3 nitrogen and oxygen atoms in total. The molecule has 0 saturated heterocycles. The van der Waals surface area contributed by atoms with Crippen LogP contribution < -0.4 is 5.32 Å². The van der Waals surface area contributed by atoms with E-state index in [1.165, 1.54) is 5.56 Å². The van der Waals surface area contributed by atoms with Gasteiger partial charge in [-0.05, 0) is 38.5 Å². The van der Waals surface area contributed by atoms with E-state index in [2.05, 4.69) is 42.4 Å². The third-order valence-corrected chi connectivity index (χ3v) is 3.68. The largest absolute Gasteiger partial charge is 0.306 e. The van der Waals surface area contributed by atoms with Crippen molar-refractivity contribution in [2.75, 3.05) is 0 Å². The van der Waals surface area contributed by atoms with Gasteiger partial charge in [0, 0.05) is 17.0 Å². The summed E-state index contributed by atoms with van der Waals surface area (Å²) in [4.78, 5) is 0. The lowest BCUT2D eigenvalue weighted by Gasteiger charge is -2.19. The summed E-state index contributed by atoms with van der Waals surface area (Å²) in [6.45, 7) is 7.18. The van der Waals surface area contributed by atoms with Crippen LogP contribution in [0.1, 0.15) is 36.3 Å². The molecule has 19 heavy (non-hydrogen) atoms. The second kappa shape index (κ2) is 5.99. The molecule has 0 spiro atoms. The molecule has 0 saturated carbocycles. The molecule has 102 valence electrons. The molecule has 0 atom stereocenters. The molecule has 1 aromatic carbocycles. The van der Waals surface area contributed by atoms with Gasteiger partial charge < -0.3 is 5.32 Å². The van der Waals surface area contributed by atoms with Crippen LogP contribution in [-0.2, 0) is 13.0 Å². The minimum atomic E-state index is 0.0960. The van der Waals surface area contributed by atoms with Crippen LogP contribution in [0.5, 0.6) is 0 Å². The van der Waals surface area contributed by atoms with E-state index in [4.69, 9.17) is 11.6 Å². The first kappa shape index (κ1) is 14.4. The fraction of sp³-hybridized carbons (Fsp3) is 0.429. The molecule has 0 aliphatic rings.